The van der Waals surface area contributed by atoms with Crippen LogP contribution in [0.2, 0.25) is 0 Å². The van der Waals surface area contributed by atoms with Gasteiger partial charge in [-0.15, -0.1) is 0 Å². The second-order valence-corrected chi connectivity index (χ2v) is 11.5. The molecular weight excluding hydrogens is 356 g/mol. The first-order valence-electron chi connectivity index (χ1n) is 12.6. The van der Waals surface area contributed by atoms with Gasteiger partial charge in [0.2, 0.25) is 0 Å². The summed E-state index contributed by atoms with van der Waals surface area (Å²) in [4.78, 5) is 10.8. The molecule has 0 unspecified atom stereocenters. The van der Waals surface area contributed by atoms with Crippen molar-refractivity contribution in [2.24, 2.45) is 40.9 Å². The molecule has 0 bridgehead atoms. The number of carbonyl (C=O) groups excluding carboxylic acids is 1. The number of allylic oxidation sites excluding steroid dienone is 1. The van der Waals surface area contributed by atoms with Crippen LogP contribution in [0.25, 0.3) is 0 Å². The maximum Gasteiger partial charge on any atom is 0.120 e. The van der Waals surface area contributed by atoms with Gasteiger partial charge in [-0.05, 0) is 92.3 Å². The van der Waals surface area contributed by atoms with Gasteiger partial charge < -0.3 is 9.90 Å². The van der Waals surface area contributed by atoms with Crippen LogP contribution in [0, 0.1) is 40.9 Å². The molecule has 0 radical (unpaired) electrons. The van der Waals surface area contributed by atoms with E-state index in [4.69, 9.17) is 0 Å². The SMILES string of the molecule is CC(C)CCC[C@@H](C)[C@H]1CC[C@@H]2[C@]1(C)CC[C@H]1CC[C@@H](CCC=O)/C=C\C[C@]12O. The van der Waals surface area contributed by atoms with Gasteiger partial charge in [0.25, 0.3) is 0 Å². The lowest BCUT2D eigenvalue weighted by Gasteiger charge is -2.55. The van der Waals surface area contributed by atoms with Gasteiger partial charge in [-0.1, -0.05) is 59.1 Å². The third-order valence-electron chi connectivity index (χ3n) is 9.27. The third kappa shape index (κ3) is 4.83. The molecular formula is C27H46O2. The second kappa shape index (κ2) is 9.67. The molecule has 7 atom stereocenters. The van der Waals surface area contributed by atoms with Crippen LogP contribution >= 0.6 is 0 Å². The van der Waals surface area contributed by atoms with E-state index >= 15 is 0 Å². The number of rotatable bonds is 8. The van der Waals surface area contributed by atoms with E-state index in [0.29, 0.717) is 29.6 Å². The topological polar surface area (TPSA) is 37.3 Å². The number of aliphatic hydroxyl groups is 1. The molecule has 0 aromatic rings. The minimum Gasteiger partial charge on any atom is -0.389 e. The standard InChI is InChI=1S/C27H46O2/c1-20(2)8-5-9-21(3)24-14-15-25-26(24,4)18-16-23-13-12-22(11-7-19-28)10-6-17-27(23,25)29/h6,10,19-25,29H,5,7-9,11-18H2,1-4H3/b10-6-/t21-,22-,23-,24-,25-,26-,27+/m1/s1. The van der Waals surface area contributed by atoms with Crippen molar-refractivity contribution in [1.29, 1.82) is 0 Å². The summed E-state index contributed by atoms with van der Waals surface area (Å²) in [6.45, 7) is 9.68. The minimum atomic E-state index is -0.508. The highest BCUT2D eigenvalue weighted by Crippen LogP contribution is 2.64. The summed E-state index contributed by atoms with van der Waals surface area (Å²) in [5, 5.41) is 12.0. The van der Waals surface area contributed by atoms with E-state index in [0.717, 1.165) is 49.7 Å². The maximum atomic E-state index is 12.0. The zero-order chi connectivity index (χ0) is 21.1. The molecule has 0 heterocycles. The van der Waals surface area contributed by atoms with Gasteiger partial charge in [-0.2, -0.15) is 0 Å². The van der Waals surface area contributed by atoms with Crippen molar-refractivity contribution in [2.45, 2.75) is 110 Å². The Labute approximate surface area is 179 Å². The van der Waals surface area contributed by atoms with E-state index < -0.39 is 5.60 Å². The lowest BCUT2D eigenvalue weighted by atomic mass is 9.52. The van der Waals surface area contributed by atoms with Crippen LogP contribution < -0.4 is 0 Å². The van der Waals surface area contributed by atoms with Crippen molar-refractivity contribution in [1.82, 2.24) is 0 Å². The summed E-state index contributed by atoms with van der Waals surface area (Å²) in [5.41, 5.74) is -0.196. The molecule has 0 aromatic heterocycles. The summed E-state index contributed by atoms with van der Waals surface area (Å²) in [5.74, 6) is 3.79. The first-order chi connectivity index (χ1) is 13.8. The quantitative estimate of drug-likeness (QED) is 0.352. The molecule has 3 rings (SSSR count). The Kier molecular flexibility index (Phi) is 7.68. The summed E-state index contributed by atoms with van der Waals surface area (Å²) >= 11 is 0. The minimum absolute atomic E-state index is 0.312. The zero-order valence-electron chi connectivity index (χ0n) is 19.5. The number of carbonyl (C=O) groups is 1. The van der Waals surface area contributed by atoms with Crippen LogP contribution in [0.4, 0.5) is 0 Å². The Hall–Kier alpha value is -0.630. The average molecular weight is 403 g/mol. The Morgan fingerprint density at radius 3 is 2.62 bits per heavy atom. The first-order valence-corrected chi connectivity index (χ1v) is 12.6. The largest absolute Gasteiger partial charge is 0.389 e. The predicted molar refractivity (Wildman–Crippen MR) is 122 cm³/mol. The van der Waals surface area contributed by atoms with Crippen LogP contribution in [0.15, 0.2) is 12.2 Å². The molecule has 0 aliphatic heterocycles. The van der Waals surface area contributed by atoms with Crippen molar-refractivity contribution in [2.75, 3.05) is 0 Å². The molecule has 1 N–H and O–H groups in total. The molecule has 3 aliphatic rings. The van der Waals surface area contributed by atoms with E-state index in [1.807, 2.05) is 0 Å². The summed E-state index contributed by atoms with van der Waals surface area (Å²) in [6.07, 6.45) is 19.4. The predicted octanol–water partition coefficient (Wildman–Crippen LogP) is 6.96. The molecule has 0 aromatic carbocycles. The smallest absolute Gasteiger partial charge is 0.120 e. The molecule has 0 spiro atoms. The summed E-state index contributed by atoms with van der Waals surface area (Å²) in [6, 6.07) is 0. The lowest BCUT2D eigenvalue weighted by molar-refractivity contribution is -0.149. The Morgan fingerprint density at radius 1 is 1.10 bits per heavy atom. The molecule has 2 fully saturated rings. The fourth-order valence-corrected chi connectivity index (χ4v) is 7.63. The molecule has 3 aliphatic carbocycles. The van der Waals surface area contributed by atoms with Gasteiger partial charge >= 0.3 is 0 Å². The van der Waals surface area contributed by atoms with E-state index in [1.54, 1.807) is 0 Å². The van der Waals surface area contributed by atoms with Crippen molar-refractivity contribution in [3.05, 3.63) is 12.2 Å². The van der Waals surface area contributed by atoms with Crippen LogP contribution in [-0.2, 0) is 4.79 Å². The van der Waals surface area contributed by atoms with Gasteiger partial charge in [-0.3, -0.25) is 0 Å². The van der Waals surface area contributed by atoms with Gasteiger partial charge in [0.15, 0.2) is 0 Å². The Bertz CT molecular complexity index is 567. The lowest BCUT2D eigenvalue weighted by Crippen LogP contribution is -2.55. The molecule has 2 heteroatoms. The molecule has 2 saturated carbocycles. The maximum absolute atomic E-state index is 12.0. The van der Waals surface area contributed by atoms with E-state index in [-0.39, 0.29) is 0 Å². The first kappa shape index (κ1) is 23.0. The van der Waals surface area contributed by atoms with Gasteiger partial charge in [0, 0.05) is 6.42 Å². The molecule has 0 amide bonds. The van der Waals surface area contributed by atoms with Crippen molar-refractivity contribution in [3.8, 4) is 0 Å². The summed E-state index contributed by atoms with van der Waals surface area (Å²) in [7, 11) is 0. The van der Waals surface area contributed by atoms with Crippen molar-refractivity contribution >= 4 is 6.29 Å². The van der Waals surface area contributed by atoms with Gasteiger partial charge in [-0.25, -0.2) is 0 Å². The normalized spacial score (nSPS) is 41.9. The second-order valence-electron chi connectivity index (χ2n) is 11.5. The third-order valence-corrected chi connectivity index (χ3v) is 9.27. The monoisotopic (exact) mass is 402 g/mol. The van der Waals surface area contributed by atoms with Crippen molar-refractivity contribution < 1.29 is 9.90 Å². The van der Waals surface area contributed by atoms with Crippen LogP contribution in [0.3, 0.4) is 0 Å². The Balaban J connectivity index is 1.70. The number of hydrogen-bond acceptors (Lipinski definition) is 2. The number of fused-ring (bicyclic) bond motifs is 3. The highest BCUT2D eigenvalue weighted by atomic mass is 16.3. The fraction of sp³-hybridized carbons (Fsp3) is 0.889. The van der Waals surface area contributed by atoms with E-state index in [9.17, 15) is 9.90 Å². The van der Waals surface area contributed by atoms with Crippen LogP contribution in [0.5, 0.6) is 0 Å². The number of aldehydes is 1. The molecule has 29 heavy (non-hydrogen) atoms. The van der Waals surface area contributed by atoms with E-state index in [1.165, 1.54) is 44.9 Å². The zero-order valence-corrected chi connectivity index (χ0v) is 19.5. The molecule has 0 saturated heterocycles. The van der Waals surface area contributed by atoms with Gasteiger partial charge in [0.1, 0.15) is 6.29 Å². The highest BCUT2D eigenvalue weighted by Gasteiger charge is 2.60. The fourth-order valence-electron chi connectivity index (χ4n) is 7.63. The van der Waals surface area contributed by atoms with Gasteiger partial charge in [0.05, 0.1) is 5.60 Å². The van der Waals surface area contributed by atoms with Crippen LogP contribution in [-0.4, -0.2) is 17.0 Å². The van der Waals surface area contributed by atoms with Crippen molar-refractivity contribution in [3.63, 3.8) is 0 Å². The Morgan fingerprint density at radius 2 is 1.90 bits per heavy atom. The average Bonchev–Trinajstić information content (AvgIpc) is 3.01. The molecule has 166 valence electrons. The highest BCUT2D eigenvalue weighted by molar-refractivity contribution is 5.49. The number of hydrogen-bond donors (Lipinski definition) is 1. The summed E-state index contributed by atoms with van der Waals surface area (Å²) < 4.78 is 0. The molecule has 2 nitrogen and oxygen atoms in total. The van der Waals surface area contributed by atoms with E-state index in [2.05, 4.69) is 39.8 Å². The van der Waals surface area contributed by atoms with Crippen LogP contribution in [0.1, 0.15) is 105 Å².